The van der Waals surface area contributed by atoms with Crippen LogP contribution < -0.4 is 27.8 Å². The van der Waals surface area contributed by atoms with Crippen LogP contribution in [-0.4, -0.2) is 116 Å². The van der Waals surface area contributed by atoms with E-state index >= 15 is 0 Å². The Labute approximate surface area is 253 Å². The Balaban J connectivity index is 1.45. The summed E-state index contributed by atoms with van der Waals surface area (Å²) >= 11 is 0.961. The van der Waals surface area contributed by atoms with Gasteiger partial charge in [0.1, 0.15) is 23.5 Å². The average Bonchev–Trinajstić information content (AvgIpc) is 3.42. The monoisotopic (exact) mass is 658 g/mol. The Bertz CT molecular complexity index is 1550. The van der Waals surface area contributed by atoms with Gasteiger partial charge in [0.25, 0.3) is 11.8 Å². The molecule has 0 bridgehead atoms. The van der Waals surface area contributed by atoms with Crippen molar-refractivity contribution in [2.45, 2.75) is 43.6 Å². The van der Waals surface area contributed by atoms with E-state index in [1.807, 2.05) is 0 Å². The van der Waals surface area contributed by atoms with Gasteiger partial charge in [-0.3, -0.25) is 14.1 Å². The molecule has 1 saturated heterocycles. The van der Waals surface area contributed by atoms with Gasteiger partial charge in [-0.25, -0.2) is 19.1 Å². The number of nitrogen functional groups attached to an aromatic ring is 1. The summed E-state index contributed by atoms with van der Waals surface area (Å²) < 4.78 is 38.9. The third-order valence-corrected chi connectivity index (χ3v) is 7.87. The summed E-state index contributed by atoms with van der Waals surface area (Å²) in [4.78, 5) is 51.7. The fourth-order valence-corrected chi connectivity index (χ4v) is 5.28. The summed E-state index contributed by atoms with van der Waals surface area (Å²) in [6, 6.07) is -2.85. The number of carbonyl (C=O) groups is 3. The normalized spacial score (nSPS) is 19.8. The number of aromatic nitrogens is 4. The highest BCUT2D eigenvalue weighted by molar-refractivity contribution is 7.84. The largest absolute Gasteiger partial charge is 0.478 e. The highest BCUT2D eigenvalue weighted by Crippen LogP contribution is 2.40. The molecule has 1 aliphatic heterocycles. The summed E-state index contributed by atoms with van der Waals surface area (Å²) in [6.45, 7) is 1.19. The number of nitrogens with one attached hydrogen (secondary N) is 2. The van der Waals surface area contributed by atoms with Crippen LogP contribution in [0.3, 0.4) is 0 Å². The van der Waals surface area contributed by atoms with Crippen molar-refractivity contribution in [3.63, 3.8) is 0 Å². The smallest absolute Gasteiger partial charge is 0.362 e. The summed E-state index contributed by atoms with van der Waals surface area (Å²) in [7, 11) is -5.03. The Morgan fingerprint density at radius 1 is 1.30 bits per heavy atom. The van der Waals surface area contributed by atoms with Crippen molar-refractivity contribution in [2.24, 2.45) is 21.6 Å². The van der Waals surface area contributed by atoms with Gasteiger partial charge in [-0.15, -0.1) is 11.3 Å². The van der Waals surface area contributed by atoms with Crippen LogP contribution in [0, 0.1) is 0 Å². The number of aliphatic carboxylic acids is 1. The topological polar surface area (TPSA) is 318 Å². The second kappa shape index (κ2) is 13.5. The molecule has 1 aliphatic carbocycles. The predicted molar refractivity (Wildman–Crippen MR) is 151 cm³/mol. The molecular weight excluding hydrogens is 628 g/mol. The van der Waals surface area contributed by atoms with Crippen molar-refractivity contribution in [1.82, 2.24) is 34.9 Å². The number of carboxylic acid groups (broad SMARTS) is 1. The maximum Gasteiger partial charge on any atom is 0.362 e. The molecule has 10 N–H and O–H groups in total. The number of thiazole rings is 1. The molecule has 240 valence electrons. The number of rotatable bonds is 16. The molecule has 1 saturated carbocycles. The van der Waals surface area contributed by atoms with Crippen LogP contribution in [0.1, 0.15) is 24.2 Å². The first-order valence-corrected chi connectivity index (χ1v) is 15.2. The molecule has 2 fully saturated rings. The van der Waals surface area contributed by atoms with E-state index in [1.165, 1.54) is 11.6 Å². The van der Waals surface area contributed by atoms with E-state index in [-0.39, 0.29) is 47.0 Å². The van der Waals surface area contributed by atoms with Gasteiger partial charge in [0, 0.05) is 31.3 Å². The minimum atomic E-state index is -5.03. The number of guanidine groups is 1. The first-order valence-electron chi connectivity index (χ1n) is 12.9. The third-order valence-electron chi connectivity index (χ3n) is 6.25. The van der Waals surface area contributed by atoms with Gasteiger partial charge < -0.3 is 42.5 Å². The second-order valence-corrected chi connectivity index (χ2v) is 11.6. The molecule has 2 aliphatic rings. The van der Waals surface area contributed by atoms with E-state index in [1.54, 1.807) is 0 Å². The molecule has 2 atom stereocenters. The van der Waals surface area contributed by atoms with Gasteiger partial charge in [-0.2, -0.15) is 23.4 Å². The zero-order valence-corrected chi connectivity index (χ0v) is 24.5. The Morgan fingerprint density at radius 2 is 2.05 bits per heavy atom. The van der Waals surface area contributed by atoms with Crippen LogP contribution in [0.2, 0.25) is 0 Å². The minimum absolute atomic E-state index is 0.00267. The number of oxime groups is 1. The highest BCUT2D eigenvalue weighted by atomic mass is 32.2. The first kappa shape index (κ1) is 32.5. The van der Waals surface area contributed by atoms with Crippen LogP contribution in [0.25, 0.3) is 0 Å². The fourth-order valence-electron chi connectivity index (χ4n) is 3.86. The fraction of sp³-hybridized carbons (Fsp3) is 0.524. The minimum Gasteiger partial charge on any atom is -0.478 e. The maximum atomic E-state index is 13.2. The second-order valence-electron chi connectivity index (χ2n) is 9.45. The molecule has 23 heteroatoms. The number of ether oxygens (including phenoxy) is 1. The van der Waals surface area contributed by atoms with Gasteiger partial charge in [-0.1, -0.05) is 5.16 Å². The van der Waals surface area contributed by atoms with Crippen molar-refractivity contribution in [3.05, 3.63) is 23.0 Å². The molecule has 2 amide bonds. The van der Waals surface area contributed by atoms with E-state index < -0.39 is 51.5 Å². The van der Waals surface area contributed by atoms with Gasteiger partial charge in [0.15, 0.2) is 16.8 Å². The number of hydrogen-bond acceptors (Lipinski definition) is 15. The van der Waals surface area contributed by atoms with Gasteiger partial charge in [0.05, 0.1) is 32.5 Å². The number of carboxylic acids is 1. The Kier molecular flexibility index (Phi) is 9.93. The summed E-state index contributed by atoms with van der Waals surface area (Å²) in [6.07, 6.45) is 1.64. The summed E-state index contributed by atoms with van der Waals surface area (Å²) in [5.74, 6) is -3.37. The van der Waals surface area contributed by atoms with E-state index in [9.17, 15) is 32.5 Å². The number of carbonyl (C=O) groups excluding carboxylic acids is 2. The van der Waals surface area contributed by atoms with Crippen molar-refractivity contribution in [2.75, 3.05) is 32.0 Å². The average molecular weight is 659 g/mol. The molecule has 3 heterocycles. The number of hydrogen-bond donors (Lipinski definition) is 7. The predicted octanol–water partition coefficient (Wildman–Crippen LogP) is -3.77. The molecule has 21 nitrogen and oxygen atoms in total. The number of amides is 2. The zero-order valence-electron chi connectivity index (χ0n) is 22.9. The van der Waals surface area contributed by atoms with E-state index in [0.717, 1.165) is 16.1 Å². The summed E-state index contributed by atoms with van der Waals surface area (Å²) in [5, 5.41) is 27.9. The number of anilines is 1. The molecule has 0 spiro atoms. The Morgan fingerprint density at radius 3 is 2.66 bits per heavy atom. The molecule has 4 rings (SSSR count). The van der Waals surface area contributed by atoms with Crippen LogP contribution in [0.15, 0.2) is 21.7 Å². The van der Waals surface area contributed by atoms with Crippen LogP contribution in [0.4, 0.5) is 5.13 Å². The van der Waals surface area contributed by atoms with E-state index in [2.05, 4.69) is 36.0 Å². The van der Waals surface area contributed by atoms with Crippen LogP contribution in [0.5, 0.6) is 0 Å². The molecule has 2 aromatic rings. The van der Waals surface area contributed by atoms with Crippen molar-refractivity contribution < 1.29 is 42.0 Å². The van der Waals surface area contributed by atoms with Gasteiger partial charge >= 0.3 is 16.3 Å². The molecule has 0 radical (unpaired) electrons. The van der Waals surface area contributed by atoms with Crippen molar-refractivity contribution >= 4 is 56.2 Å². The zero-order chi connectivity index (χ0) is 32.1. The maximum absolute atomic E-state index is 13.2. The molecular formula is C21H30N12O9S2. The van der Waals surface area contributed by atoms with Crippen LogP contribution >= 0.6 is 11.3 Å². The highest BCUT2D eigenvalue weighted by Gasteiger charge is 2.56. The number of β-lactam (4-membered cyclic amide) rings is 1. The van der Waals surface area contributed by atoms with E-state index in [4.69, 9.17) is 26.8 Å². The number of nitrogens with zero attached hydrogens (tertiary/aromatic N) is 7. The van der Waals surface area contributed by atoms with E-state index in [0.29, 0.717) is 32.0 Å². The molecule has 2 aromatic heterocycles. The lowest BCUT2D eigenvalue weighted by molar-refractivity contribution is -0.153. The third kappa shape index (κ3) is 7.73. The van der Waals surface area contributed by atoms with Crippen molar-refractivity contribution in [3.8, 4) is 0 Å². The van der Waals surface area contributed by atoms with Gasteiger partial charge in [-0.05, 0) is 0 Å². The number of nitrogens with two attached hydrogens (primary N) is 3. The molecule has 0 aromatic carbocycles. The number of aliphatic imine (C=N–C) groups is 1. The van der Waals surface area contributed by atoms with Crippen molar-refractivity contribution in [1.29, 1.82) is 0 Å². The molecule has 44 heavy (non-hydrogen) atoms. The SMILES string of the molecule is NCCOCCNC(N)=NCc1cnn(CC2C(NC(=O)/C(=N\OC3(C(=O)O)CC3)c3csc(N)n3)C(=O)N2S(=O)(=O)O)n1. The molecule has 2 unspecified atom stereocenters. The quantitative estimate of drug-likeness (QED) is 0.0227. The van der Waals surface area contributed by atoms with Gasteiger partial charge in [0.2, 0.25) is 5.60 Å². The lowest BCUT2D eigenvalue weighted by atomic mass is 9.98. The summed E-state index contributed by atoms with van der Waals surface area (Å²) in [5.41, 5.74) is 15.0. The first-order chi connectivity index (χ1) is 20.8. The Hall–Kier alpha value is -4.45. The standard InChI is InChI=1S/C21H30N12O9S2/c22-3-5-41-6-4-25-19(23)26-7-11-8-27-32(30-11)9-13-15(17(35)33(13)44(38,39)40)29-16(34)14(12-10-43-20(24)28-12)31-42-21(1-2-21)18(36)37/h8,10,13,15H,1-7,9,22H2,(H2,24,28)(H,29,34)(H,36,37)(H3,23,25,26)(H,38,39,40)/b31-14-. The lowest BCUT2D eigenvalue weighted by Crippen LogP contribution is -2.73. The van der Waals surface area contributed by atoms with Crippen LogP contribution in [-0.2, 0) is 47.4 Å². The lowest BCUT2D eigenvalue weighted by Gasteiger charge is -2.43.